The Bertz CT molecular complexity index is 392. The predicted molar refractivity (Wildman–Crippen MR) is 83.4 cm³/mol. The first-order valence-electron chi connectivity index (χ1n) is 7.97. The number of hydrogen-bond donors (Lipinski definition) is 0. The van der Waals surface area contributed by atoms with Crippen LogP contribution in [-0.4, -0.2) is 40.4 Å². The van der Waals surface area contributed by atoms with Gasteiger partial charge in [0.2, 0.25) is 6.41 Å². The molecule has 0 radical (unpaired) electrons. The molecule has 0 spiro atoms. The third kappa shape index (κ3) is 2.93. The first-order valence-corrected chi connectivity index (χ1v) is 7.97. The Hall–Kier alpha value is -0.830. The summed E-state index contributed by atoms with van der Waals surface area (Å²) >= 11 is 0. The molecule has 20 heavy (non-hydrogen) atoms. The van der Waals surface area contributed by atoms with Crippen LogP contribution >= 0.6 is 0 Å². The molecule has 0 aromatic heterocycles. The molecule has 1 aliphatic heterocycles. The summed E-state index contributed by atoms with van der Waals surface area (Å²) in [4.78, 5) is 16.1. The predicted octanol–water partition coefficient (Wildman–Crippen LogP) is 3.55. The third-order valence-corrected chi connectivity index (χ3v) is 5.32. The van der Waals surface area contributed by atoms with Crippen LogP contribution in [0.25, 0.3) is 0 Å². The minimum atomic E-state index is -0.00693. The summed E-state index contributed by atoms with van der Waals surface area (Å²) in [7, 11) is 2.18. The SMILES string of the molecule is CN1C(C)(C)C=C(N(C=O)C2CCCCC2)CC1(C)C. The zero-order valence-electron chi connectivity index (χ0n) is 13.8. The van der Waals surface area contributed by atoms with E-state index in [1.54, 1.807) is 0 Å². The summed E-state index contributed by atoms with van der Waals surface area (Å²) in [6, 6.07) is 0.419. The minimum Gasteiger partial charge on any atom is -0.316 e. The molecule has 1 fully saturated rings. The molecule has 1 heterocycles. The molecule has 0 aromatic rings. The summed E-state index contributed by atoms with van der Waals surface area (Å²) < 4.78 is 0. The molecule has 1 aliphatic carbocycles. The summed E-state index contributed by atoms with van der Waals surface area (Å²) in [6.07, 6.45) is 10.5. The van der Waals surface area contributed by atoms with Crippen molar-refractivity contribution in [1.82, 2.24) is 9.80 Å². The fraction of sp³-hybridized carbons (Fsp3) is 0.824. The van der Waals surface area contributed by atoms with Crippen LogP contribution < -0.4 is 0 Å². The quantitative estimate of drug-likeness (QED) is 0.737. The van der Waals surface area contributed by atoms with Crippen LogP contribution in [0.2, 0.25) is 0 Å². The van der Waals surface area contributed by atoms with Gasteiger partial charge in [-0.1, -0.05) is 19.3 Å². The van der Waals surface area contributed by atoms with Crippen LogP contribution in [0.15, 0.2) is 11.8 Å². The van der Waals surface area contributed by atoms with Gasteiger partial charge in [-0.25, -0.2) is 0 Å². The summed E-state index contributed by atoms with van der Waals surface area (Å²) in [5.74, 6) is 0. The standard InChI is InChI=1S/C17H30N2O/c1-16(2)11-15(12-17(3,4)18(16)5)19(13-20)14-9-7-6-8-10-14/h11,13-14H,6-10,12H2,1-5H3. The second-order valence-corrected chi connectivity index (χ2v) is 7.64. The zero-order chi connectivity index (χ0) is 15.0. The molecule has 0 aromatic carbocycles. The molecule has 0 bridgehead atoms. The summed E-state index contributed by atoms with van der Waals surface area (Å²) in [5, 5.41) is 0. The van der Waals surface area contributed by atoms with Crippen molar-refractivity contribution in [2.75, 3.05) is 7.05 Å². The van der Waals surface area contributed by atoms with E-state index in [9.17, 15) is 4.79 Å². The van der Waals surface area contributed by atoms with Gasteiger partial charge >= 0.3 is 0 Å². The molecule has 3 nitrogen and oxygen atoms in total. The van der Waals surface area contributed by atoms with Crippen LogP contribution in [0.4, 0.5) is 0 Å². The van der Waals surface area contributed by atoms with Gasteiger partial charge in [0.1, 0.15) is 0 Å². The first-order chi connectivity index (χ1) is 9.28. The molecule has 0 atom stereocenters. The van der Waals surface area contributed by atoms with Gasteiger partial charge in [0, 0.05) is 29.2 Å². The van der Waals surface area contributed by atoms with Crippen LogP contribution in [0.5, 0.6) is 0 Å². The van der Waals surface area contributed by atoms with Gasteiger partial charge in [0.15, 0.2) is 0 Å². The van der Waals surface area contributed by atoms with Crippen LogP contribution in [0.1, 0.15) is 66.2 Å². The zero-order valence-corrected chi connectivity index (χ0v) is 13.8. The van der Waals surface area contributed by atoms with E-state index in [0.717, 1.165) is 25.7 Å². The van der Waals surface area contributed by atoms with Crippen molar-refractivity contribution < 1.29 is 4.79 Å². The number of carbonyl (C=O) groups is 1. The van der Waals surface area contributed by atoms with Crippen molar-refractivity contribution in [2.45, 2.75) is 83.3 Å². The Balaban J connectivity index is 2.27. The van der Waals surface area contributed by atoms with Crippen LogP contribution in [-0.2, 0) is 4.79 Å². The third-order valence-electron chi connectivity index (χ3n) is 5.32. The van der Waals surface area contributed by atoms with Crippen molar-refractivity contribution in [3.8, 4) is 0 Å². The van der Waals surface area contributed by atoms with Crippen molar-refractivity contribution >= 4 is 6.41 Å². The largest absolute Gasteiger partial charge is 0.316 e. The van der Waals surface area contributed by atoms with Gasteiger partial charge in [0.05, 0.1) is 0 Å². The van der Waals surface area contributed by atoms with E-state index in [0.29, 0.717) is 6.04 Å². The molecule has 0 saturated heterocycles. The Labute approximate surface area is 124 Å². The van der Waals surface area contributed by atoms with Crippen molar-refractivity contribution in [1.29, 1.82) is 0 Å². The van der Waals surface area contributed by atoms with Gasteiger partial charge in [0.25, 0.3) is 0 Å². The molecule has 114 valence electrons. The molecule has 0 unspecified atom stereocenters. The van der Waals surface area contributed by atoms with E-state index in [4.69, 9.17) is 0 Å². The van der Waals surface area contributed by atoms with Crippen LogP contribution in [0, 0.1) is 0 Å². The Morgan fingerprint density at radius 2 is 1.80 bits per heavy atom. The van der Waals surface area contributed by atoms with Crippen molar-refractivity contribution in [3.05, 3.63) is 11.8 Å². The van der Waals surface area contributed by atoms with E-state index < -0.39 is 0 Å². The Morgan fingerprint density at radius 3 is 2.30 bits per heavy atom. The summed E-state index contributed by atoms with van der Waals surface area (Å²) in [5.41, 5.74) is 1.30. The van der Waals surface area contributed by atoms with Gasteiger partial charge in [-0.2, -0.15) is 0 Å². The normalized spacial score (nSPS) is 26.9. The second-order valence-electron chi connectivity index (χ2n) is 7.64. The van der Waals surface area contributed by atoms with Crippen molar-refractivity contribution in [2.24, 2.45) is 0 Å². The summed E-state index contributed by atoms with van der Waals surface area (Å²) in [6.45, 7) is 9.01. The van der Waals surface area contributed by atoms with Gasteiger partial charge in [-0.3, -0.25) is 9.69 Å². The van der Waals surface area contributed by atoms with E-state index in [1.165, 1.54) is 25.0 Å². The molecule has 3 heteroatoms. The maximum Gasteiger partial charge on any atom is 0.214 e. The van der Waals surface area contributed by atoms with E-state index >= 15 is 0 Å². The lowest BCUT2D eigenvalue weighted by atomic mass is 9.82. The maximum atomic E-state index is 11.7. The highest BCUT2D eigenvalue weighted by molar-refractivity contribution is 5.53. The second kappa shape index (κ2) is 5.51. The van der Waals surface area contributed by atoms with Crippen LogP contribution in [0.3, 0.4) is 0 Å². The highest BCUT2D eigenvalue weighted by Gasteiger charge is 2.40. The molecule has 2 aliphatic rings. The highest BCUT2D eigenvalue weighted by Crippen LogP contribution is 2.38. The number of nitrogens with zero attached hydrogens (tertiary/aromatic N) is 2. The lowest BCUT2D eigenvalue weighted by Crippen LogP contribution is -2.57. The number of carbonyl (C=O) groups excluding carboxylic acids is 1. The van der Waals surface area contributed by atoms with E-state index in [1.807, 2.05) is 4.90 Å². The van der Waals surface area contributed by atoms with Gasteiger partial charge < -0.3 is 4.90 Å². The Morgan fingerprint density at radius 1 is 1.20 bits per heavy atom. The number of amides is 1. The number of likely N-dealkylation sites (N-methyl/N-ethyl adjacent to an activating group) is 1. The van der Waals surface area contributed by atoms with Crippen molar-refractivity contribution in [3.63, 3.8) is 0 Å². The molecule has 2 rings (SSSR count). The monoisotopic (exact) mass is 278 g/mol. The number of rotatable bonds is 3. The van der Waals surface area contributed by atoms with E-state index in [-0.39, 0.29) is 11.1 Å². The molecular weight excluding hydrogens is 248 g/mol. The molecule has 1 saturated carbocycles. The molecular formula is C17H30N2O. The van der Waals surface area contributed by atoms with Gasteiger partial charge in [-0.15, -0.1) is 0 Å². The molecule has 1 amide bonds. The average Bonchev–Trinajstić information content (AvgIpc) is 2.37. The first kappa shape index (κ1) is 15.6. The lowest BCUT2D eigenvalue weighted by molar-refractivity contribution is -0.119. The maximum absolute atomic E-state index is 11.7. The fourth-order valence-electron chi connectivity index (χ4n) is 3.81. The lowest BCUT2D eigenvalue weighted by Gasteiger charge is -2.51. The molecule has 0 N–H and O–H groups in total. The minimum absolute atomic E-state index is 0.00693. The number of hydrogen-bond acceptors (Lipinski definition) is 2. The highest BCUT2D eigenvalue weighted by atomic mass is 16.1. The smallest absolute Gasteiger partial charge is 0.214 e. The Kier molecular flexibility index (Phi) is 4.29. The topological polar surface area (TPSA) is 23.6 Å². The van der Waals surface area contributed by atoms with E-state index in [2.05, 4.69) is 45.7 Å². The fourth-order valence-corrected chi connectivity index (χ4v) is 3.81. The average molecular weight is 278 g/mol. The van der Waals surface area contributed by atoms with Gasteiger partial charge in [-0.05, 0) is 53.7 Å².